The van der Waals surface area contributed by atoms with E-state index in [2.05, 4.69) is 10.3 Å². The number of fused-ring (bicyclic) bond motifs is 1. The Morgan fingerprint density at radius 1 is 1.14 bits per heavy atom. The summed E-state index contributed by atoms with van der Waals surface area (Å²) in [5, 5.41) is 3.98. The van der Waals surface area contributed by atoms with Crippen LogP contribution in [0.15, 0.2) is 52.4 Å². The highest BCUT2D eigenvalue weighted by Gasteiger charge is 2.11. The van der Waals surface area contributed by atoms with Crippen molar-refractivity contribution in [1.82, 2.24) is 14.9 Å². The maximum absolute atomic E-state index is 12.4. The van der Waals surface area contributed by atoms with E-state index >= 15 is 0 Å². The third kappa shape index (κ3) is 4.89. The lowest BCUT2D eigenvalue weighted by Crippen LogP contribution is -2.28. The number of aromatic nitrogens is 2. The fourth-order valence-corrected chi connectivity index (χ4v) is 3.69. The molecule has 0 radical (unpaired) electrons. The molecule has 0 unspecified atom stereocenters. The van der Waals surface area contributed by atoms with Crippen molar-refractivity contribution in [3.63, 3.8) is 0 Å². The number of carbonyl (C=O) groups excluding carboxylic acids is 1. The maximum Gasteiger partial charge on any atom is 0.261 e. The Balaban J connectivity index is 1.55. The summed E-state index contributed by atoms with van der Waals surface area (Å²) in [6.45, 7) is 0.499. The highest BCUT2D eigenvalue weighted by atomic mass is 32.2. The predicted molar refractivity (Wildman–Crippen MR) is 114 cm³/mol. The van der Waals surface area contributed by atoms with Gasteiger partial charge in [-0.15, -0.1) is 0 Å². The summed E-state index contributed by atoms with van der Waals surface area (Å²) in [6, 6.07) is 12.9. The summed E-state index contributed by atoms with van der Waals surface area (Å²) >= 11 is 1.24. The summed E-state index contributed by atoms with van der Waals surface area (Å²) < 4.78 is 12.0. The second-order valence-electron chi connectivity index (χ2n) is 6.35. The first-order chi connectivity index (χ1) is 14.0. The molecule has 3 rings (SSSR count). The van der Waals surface area contributed by atoms with Gasteiger partial charge in [-0.25, -0.2) is 4.98 Å². The van der Waals surface area contributed by atoms with Crippen LogP contribution in [0, 0.1) is 0 Å². The summed E-state index contributed by atoms with van der Waals surface area (Å²) in [5.41, 5.74) is 1.55. The van der Waals surface area contributed by atoms with Crippen molar-refractivity contribution in [2.24, 2.45) is 7.05 Å². The van der Waals surface area contributed by atoms with E-state index in [1.165, 1.54) is 16.3 Å². The Bertz CT molecular complexity index is 1080. The minimum atomic E-state index is -0.119. The van der Waals surface area contributed by atoms with Crippen LogP contribution in [0.25, 0.3) is 10.9 Å². The topological polar surface area (TPSA) is 82.5 Å². The number of nitrogens with one attached hydrogen (secondary N) is 1. The number of hydrogen-bond donors (Lipinski definition) is 1. The average Bonchev–Trinajstić information content (AvgIpc) is 2.75. The molecule has 0 aliphatic rings. The second kappa shape index (κ2) is 9.47. The number of benzene rings is 2. The number of thioether (sulfide) groups is 1. The molecule has 0 spiro atoms. The highest BCUT2D eigenvalue weighted by Crippen LogP contribution is 2.27. The molecule has 7 nitrogen and oxygen atoms in total. The van der Waals surface area contributed by atoms with Crippen LogP contribution in [0.3, 0.4) is 0 Å². The van der Waals surface area contributed by atoms with Gasteiger partial charge in [0.15, 0.2) is 16.7 Å². The van der Waals surface area contributed by atoms with Gasteiger partial charge in [-0.1, -0.05) is 30.0 Å². The fraction of sp³-hybridized carbons (Fsp3) is 0.286. The van der Waals surface area contributed by atoms with Gasteiger partial charge >= 0.3 is 0 Å². The van der Waals surface area contributed by atoms with Crippen molar-refractivity contribution in [1.29, 1.82) is 0 Å². The van der Waals surface area contributed by atoms with Crippen LogP contribution >= 0.6 is 11.8 Å². The summed E-state index contributed by atoms with van der Waals surface area (Å²) in [7, 11) is 4.85. The lowest BCUT2D eigenvalue weighted by atomic mass is 10.1. The molecule has 0 saturated heterocycles. The zero-order valence-electron chi connectivity index (χ0n) is 16.6. The molecule has 0 fully saturated rings. The van der Waals surface area contributed by atoms with E-state index < -0.39 is 0 Å². The number of rotatable bonds is 8. The highest BCUT2D eigenvalue weighted by molar-refractivity contribution is 7.99. The van der Waals surface area contributed by atoms with Crippen LogP contribution in [0.2, 0.25) is 0 Å². The van der Waals surface area contributed by atoms with Crippen LogP contribution in [-0.2, 0) is 18.3 Å². The smallest absolute Gasteiger partial charge is 0.261 e. The van der Waals surface area contributed by atoms with E-state index in [1.807, 2.05) is 30.3 Å². The van der Waals surface area contributed by atoms with E-state index in [0.29, 0.717) is 40.5 Å². The molecule has 1 amide bonds. The number of nitrogens with zero attached hydrogens (tertiary/aromatic N) is 2. The molecule has 1 N–H and O–H groups in total. The number of hydrogen-bond acceptors (Lipinski definition) is 6. The molecule has 8 heteroatoms. The molecule has 3 aromatic rings. The van der Waals surface area contributed by atoms with Crippen LogP contribution < -0.4 is 20.3 Å². The van der Waals surface area contributed by atoms with Gasteiger partial charge < -0.3 is 14.8 Å². The minimum absolute atomic E-state index is 0.113. The first-order valence-corrected chi connectivity index (χ1v) is 10.1. The van der Waals surface area contributed by atoms with E-state index in [4.69, 9.17) is 9.47 Å². The number of para-hydroxylation sites is 1. The van der Waals surface area contributed by atoms with Crippen LogP contribution in [0.5, 0.6) is 11.5 Å². The average molecular weight is 413 g/mol. The lowest BCUT2D eigenvalue weighted by Gasteiger charge is -2.10. The van der Waals surface area contributed by atoms with Gasteiger partial charge in [0, 0.05) is 13.6 Å². The molecule has 2 aromatic carbocycles. The Kier molecular flexibility index (Phi) is 6.77. The number of amides is 1. The summed E-state index contributed by atoms with van der Waals surface area (Å²) in [6.07, 6.45) is 0.670. The van der Waals surface area contributed by atoms with Crippen molar-refractivity contribution in [2.75, 3.05) is 26.5 Å². The number of methoxy groups -OCH3 is 2. The second-order valence-corrected chi connectivity index (χ2v) is 7.30. The van der Waals surface area contributed by atoms with Crippen molar-refractivity contribution in [3.8, 4) is 11.5 Å². The van der Waals surface area contributed by atoms with Crippen LogP contribution in [0.4, 0.5) is 0 Å². The molecule has 0 saturated carbocycles. The van der Waals surface area contributed by atoms with Crippen LogP contribution in [-0.4, -0.2) is 42.0 Å². The SMILES string of the molecule is COc1ccc(CCNC(=O)CSc2nc3ccccc3c(=O)n2C)cc1OC. The first-order valence-electron chi connectivity index (χ1n) is 9.09. The van der Waals surface area contributed by atoms with E-state index in [9.17, 15) is 9.59 Å². The van der Waals surface area contributed by atoms with Gasteiger partial charge in [-0.3, -0.25) is 14.2 Å². The zero-order valence-corrected chi connectivity index (χ0v) is 17.4. The predicted octanol–water partition coefficient (Wildman–Crippen LogP) is 2.40. The van der Waals surface area contributed by atoms with Crippen molar-refractivity contribution in [3.05, 3.63) is 58.4 Å². The molecule has 0 aliphatic carbocycles. The monoisotopic (exact) mass is 413 g/mol. The van der Waals surface area contributed by atoms with Gasteiger partial charge in [-0.05, 0) is 36.2 Å². The first kappa shape index (κ1) is 20.7. The molecule has 0 atom stereocenters. The Labute approximate surface area is 173 Å². The molecule has 0 bridgehead atoms. The Hall–Kier alpha value is -3.00. The van der Waals surface area contributed by atoms with Crippen molar-refractivity contribution >= 4 is 28.6 Å². The van der Waals surface area contributed by atoms with Crippen LogP contribution in [0.1, 0.15) is 5.56 Å². The molecule has 1 heterocycles. The summed E-state index contributed by atoms with van der Waals surface area (Å²) in [5.74, 6) is 1.41. The number of carbonyl (C=O) groups is 1. The third-order valence-electron chi connectivity index (χ3n) is 4.46. The molecule has 152 valence electrons. The molecule has 29 heavy (non-hydrogen) atoms. The summed E-state index contributed by atoms with van der Waals surface area (Å²) in [4.78, 5) is 29.1. The zero-order chi connectivity index (χ0) is 20.8. The van der Waals surface area contributed by atoms with Gasteiger partial charge in [0.1, 0.15) is 0 Å². The maximum atomic E-state index is 12.4. The van der Waals surface area contributed by atoms with E-state index in [1.54, 1.807) is 33.4 Å². The Morgan fingerprint density at radius 2 is 1.90 bits per heavy atom. The standard InChI is InChI=1S/C21H23N3O4S/c1-24-20(26)15-6-4-5-7-16(15)23-21(24)29-13-19(25)22-11-10-14-8-9-17(27-2)18(12-14)28-3/h4-9,12H,10-11,13H2,1-3H3,(H,22,25). The van der Waals surface area contributed by atoms with Gasteiger partial charge in [0.25, 0.3) is 5.56 Å². The van der Waals surface area contributed by atoms with Crippen molar-refractivity contribution < 1.29 is 14.3 Å². The molecular formula is C21H23N3O4S. The van der Waals surface area contributed by atoms with Crippen molar-refractivity contribution in [2.45, 2.75) is 11.6 Å². The number of ether oxygens (including phenoxy) is 2. The van der Waals surface area contributed by atoms with Gasteiger partial charge in [0.2, 0.25) is 5.91 Å². The quantitative estimate of drug-likeness (QED) is 0.451. The van der Waals surface area contributed by atoms with Gasteiger partial charge in [-0.2, -0.15) is 0 Å². The van der Waals surface area contributed by atoms with Gasteiger partial charge in [0.05, 0.1) is 30.9 Å². The lowest BCUT2D eigenvalue weighted by molar-refractivity contribution is -0.118. The Morgan fingerprint density at radius 3 is 2.66 bits per heavy atom. The largest absolute Gasteiger partial charge is 0.493 e. The molecule has 1 aromatic heterocycles. The van der Waals surface area contributed by atoms with E-state index in [-0.39, 0.29) is 17.2 Å². The normalized spacial score (nSPS) is 10.7. The molecule has 0 aliphatic heterocycles. The third-order valence-corrected chi connectivity index (χ3v) is 5.49. The minimum Gasteiger partial charge on any atom is -0.493 e. The molecular weight excluding hydrogens is 390 g/mol. The fourth-order valence-electron chi connectivity index (χ4n) is 2.89. The van der Waals surface area contributed by atoms with E-state index in [0.717, 1.165) is 5.56 Å².